The fourth-order valence-electron chi connectivity index (χ4n) is 1.68. The lowest BCUT2D eigenvalue weighted by Crippen LogP contribution is -2.17. The Hall–Kier alpha value is -1.19. The van der Waals surface area contributed by atoms with Crippen molar-refractivity contribution in [1.82, 2.24) is 10.3 Å². The summed E-state index contributed by atoms with van der Waals surface area (Å²) in [5, 5.41) is 5.46. The smallest absolute Gasteiger partial charge is 0.0686 e. The molecule has 15 heavy (non-hydrogen) atoms. The van der Waals surface area contributed by atoms with Gasteiger partial charge in [0.05, 0.1) is 6.04 Å². The monoisotopic (exact) mass is 218 g/mol. The predicted octanol–water partition coefficient (Wildman–Crippen LogP) is 2.76. The molecule has 0 fully saturated rings. The summed E-state index contributed by atoms with van der Waals surface area (Å²) < 4.78 is 0. The van der Waals surface area contributed by atoms with Crippen LogP contribution in [0.2, 0.25) is 0 Å². The van der Waals surface area contributed by atoms with E-state index in [0.29, 0.717) is 0 Å². The molecule has 0 aliphatic rings. The number of rotatable bonds is 3. The summed E-state index contributed by atoms with van der Waals surface area (Å²) in [6, 6.07) is 6.50. The first-order valence-corrected chi connectivity index (χ1v) is 5.82. The van der Waals surface area contributed by atoms with Crippen LogP contribution in [0, 0.1) is 6.92 Å². The van der Waals surface area contributed by atoms with Crippen LogP contribution in [0.15, 0.2) is 36.0 Å². The van der Waals surface area contributed by atoms with Crippen molar-refractivity contribution in [3.63, 3.8) is 0 Å². The van der Waals surface area contributed by atoms with E-state index >= 15 is 0 Å². The van der Waals surface area contributed by atoms with Gasteiger partial charge in [0.15, 0.2) is 0 Å². The van der Waals surface area contributed by atoms with Crippen molar-refractivity contribution in [2.24, 2.45) is 0 Å². The highest BCUT2D eigenvalue weighted by molar-refractivity contribution is 7.10. The zero-order valence-corrected chi connectivity index (χ0v) is 9.71. The lowest BCUT2D eigenvalue weighted by molar-refractivity contribution is 0.697. The molecule has 0 radical (unpaired) electrons. The Labute approximate surface area is 94.0 Å². The van der Waals surface area contributed by atoms with E-state index in [-0.39, 0.29) is 6.04 Å². The average Bonchev–Trinajstić information content (AvgIpc) is 2.68. The summed E-state index contributed by atoms with van der Waals surface area (Å²) in [6.07, 6.45) is 3.72. The largest absolute Gasteiger partial charge is 0.309 e. The van der Waals surface area contributed by atoms with E-state index < -0.39 is 0 Å². The van der Waals surface area contributed by atoms with E-state index in [2.05, 4.69) is 34.7 Å². The molecule has 0 aliphatic carbocycles. The van der Waals surface area contributed by atoms with Gasteiger partial charge in [-0.25, -0.2) is 0 Å². The van der Waals surface area contributed by atoms with E-state index in [1.54, 1.807) is 17.5 Å². The number of aromatic nitrogens is 1. The molecule has 1 unspecified atom stereocenters. The molecule has 0 saturated heterocycles. The second-order valence-electron chi connectivity index (χ2n) is 3.48. The van der Waals surface area contributed by atoms with E-state index in [9.17, 15) is 0 Å². The number of hydrogen-bond donors (Lipinski definition) is 1. The van der Waals surface area contributed by atoms with Crippen molar-refractivity contribution >= 4 is 11.3 Å². The van der Waals surface area contributed by atoms with Crippen molar-refractivity contribution in [3.8, 4) is 0 Å². The van der Waals surface area contributed by atoms with Gasteiger partial charge in [0.25, 0.3) is 0 Å². The van der Waals surface area contributed by atoms with Crippen molar-refractivity contribution in [3.05, 3.63) is 52.0 Å². The Morgan fingerprint density at radius 2 is 2.27 bits per heavy atom. The molecular weight excluding hydrogens is 204 g/mol. The molecule has 2 aromatic rings. The van der Waals surface area contributed by atoms with Gasteiger partial charge in [0.2, 0.25) is 0 Å². The van der Waals surface area contributed by atoms with E-state index in [1.807, 2.05) is 19.3 Å². The van der Waals surface area contributed by atoms with Crippen molar-refractivity contribution in [2.75, 3.05) is 7.05 Å². The Bertz CT molecular complexity index is 422. The molecule has 2 nitrogen and oxygen atoms in total. The maximum atomic E-state index is 4.16. The van der Waals surface area contributed by atoms with Gasteiger partial charge in [-0.2, -0.15) is 0 Å². The van der Waals surface area contributed by atoms with Crippen LogP contribution in [0.3, 0.4) is 0 Å². The van der Waals surface area contributed by atoms with E-state index in [4.69, 9.17) is 0 Å². The molecule has 0 amide bonds. The first-order valence-electron chi connectivity index (χ1n) is 4.94. The second-order valence-corrected chi connectivity index (χ2v) is 4.42. The number of thiophene rings is 1. The summed E-state index contributed by atoms with van der Waals surface area (Å²) >= 11 is 1.79. The molecule has 0 bridgehead atoms. The minimum Gasteiger partial charge on any atom is -0.309 e. The van der Waals surface area contributed by atoms with Crippen LogP contribution in [0.25, 0.3) is 0 Å². The van der Waals surface area contributed by atoms with Gasteiger partial charge in [-0.1, -0.05) is 6.07 Å². The molecule has 0 aromatic carbocycles. The van der Waals surface area contributed by atoms with Gasteiger partial charge in [-0.15, -0.1) is 11.3 Å². The first-order chi connectivity index (χ1) is 7.33. The number of nitrogens with zero attached hydrogens (tertiary/aromatic N) is 1. The third-order valence-electron chi connectivity index (χ3n) is 2.47. The maximum absolute atomic E-state index is 4.16. The second kappa shape index (κ2) is 4.55. The lowest BCUT2D eigenvalue weighted by Gasteiger charge is -2.15. The topological polar surface area (TPSA) is 24.9 Å². The van der Waals surface area contributed by atoms with Gasteiger partial charge in [-0.3, -0.25) is 4.98 Å². The average molecular weight is 218 g/mol. The number of aryl methyl sites for hydroxylation is 1. The summed E-state index contributed by atoms with van der Waals surface area (Å²) in [5.74, 6) is 0. The summed E-state index contributed by atoms with van der Waals surface area (Å²) in [5.41, 5.74) is 2.55. The van der Waals surface area contributed by atoms with Crippen LogP contribution in [-0.4, -0.2) is 12.0 Å². The Morgan fingerprint density at radius 1 is 1.40 bits per heavy atom. The van der Waals surface area contributed by atoms with Crippen LogP contribution < -0.4 is 5.32 Å². The molecule has 2 heterocycles. The lowest BCUT2D eigenvalue weighted by atomic mass is 10.1. The number of nitrogens with one attached hydrogen (secondary N) is 1. The van der Waals surface area contributed by atoms with E-state index in [0.717, 1.165) is 0 Å². The van der Waals surface area contributed by atoms with Gasteiger partial charge in [0, 0.05) is 17.3 Å². The Morgan fingerprint density at radius 3 is 2.80 bits per heavy atom. The van der Waals surface area contributed by atoms with Gasteiger partial charge >= 0.3 is 0 Å². The molecule has 1 atom stereocenters. The molecule has 0 saturated carbocycles. The normalized spacial score (nSPS) is 12.7. The van der Waals surface area contributed by atoms with E-state index in [1.165, 1.54) is 16.0 Å². The maximum Gasteiger partial charge on any atom is 0.0686 e. The van der Waals surface area contributed by atoms with Crippen LogP contribution in [0.4, 0.5) is 0 Å². The zero-order valence-electron chi connectivity index (χ0n) is 8.90. The van der Waals surface area contributed by atoms with Crippen LogP contribution in [-0.2, 0) is 0 Å². The Balaban J connectivity index is 2.37. The fourth-order valence-corrected chi connectivity index (χ4v) is 2.74. The van der Waals surface area contributed by atoms with Crippen LogP contribution in [0.1, 0.15) is 22.0 Å². The highest BCUT2D eigenvalue weighted by Gasteiger charge is 2.14. The standard InChI is InChI=1S/C12H14N2S/c1-9-5-7-15-12(9)11(13-2)10-4-3-6-14-8-10/h3-8,11,13H,1-2H3. The zero-order chi connectivity index (χ0) is 10.7. The minimum absolute atomic E-state index is 0.263. The summed E-state index contributed by atoms with van der Waals surface area (Å²) in [7, 11) is 1.98. The highest BCUT2D eigenvalue weighted by atomic mass is 32.1. The molecule has 2 aromatic heterocycles. The molecule has 1 N–H and O–H groups in total. The van der Waals surface area contributed by atoms with Gasteiger partial charge < -0.3 is 5.32 Å². The minimum atomic E-state index is 0.263. The molecule has 2 rings (SSSR count). The van der Waals surface area contributed by atoms with Crippen LogP contribution in [0.5, 0.6) is 0 Å². The number of hydrogen-bond acceptors (Lipinski definition) is 3. The molecule has 3 heteroatoms. The van der Waals surface area contributed by atoms with Crippen molar-refractivity contribution in [1.29, 1.82) is 0 Å². The fraction of sp³-hybridized carbons (Fsp3) is 0.250. The molecule has 78 valence electrons. The summed E-state index contributed by atoms with van der Waals surface area (Å²) in [6.45, 7) is 2.15. The SMILES string of the molecule is CNC(c1cccnc1)c1sccc1C. The molecule has 0 spiro atoms. The van der Waals surface area contributed by atoms with Crippen molar-refractivity contribution < 1.29 is 0 Å². The molecular formula is C12H14N2S. The van der Waals surface area contributed by atoms with Crippen LogP contribution >= 0.6 is 11.3 Å². The van der Waals surface area contributed by atoms with Gasteiger partial charge in [-0.05, 0) is 42.6 Å². The van der Waals surface area contributed by atoms with Gasteiger partial charge in [0.1, 0.15) is 0 Å². The quantitative estimate of drug-likeness (QED) is 0.857. The summed E-state index contributed by atoms with van der Waals surface area (Å²) in [4.78, 5) is 5.52. The first kappa shape index (κ1) is 10.3. The Kier molecular flexibility index (Phi) is 3.14. The molecule has 0 aliphatic heterocycles. The number of pyridine rings is 1. The third-order valence-corrected chi connectivity index (χ3v) is 3.55. The third kappa shape index (κ3) is 2.08. The van der Waals surface area contributed by atoms with Crippen molar-refractivity contribution in [2.45, 2.75) is 13.0 Å². The highest BCUT2D eigenvalue weighted by Crippen LogP contribution is 2.28. The predicted molar refractivity (Wildman–Crippen MR) is 64.2 cm³/mol.